The third-order valence-corrected chi connectivity index (χ3v) is 5.81. The van der Waals surface area contributed by atoms with Crippen LogP contribution in [0.25, 0.3) is 0 Å². The number of hydrogen-bond donors (Lipinski definition) is 2. The van der Waals surface area contributed by atoms with Crippen molar-refractivity contribution in [1.29, 1.82) is 0 Å². The van der Waals surface area contributed by atoms with Crippen LogP contribution in [0, 0.1) is 6.92 Å². The first-order valence-corrected chi connectivity index (χ1v) is 10.5. The molecular weight excluding hydrogens is 412 g/mol. The fraction of sp³-hybridized carbons (Fsp3) is 0.0952. The summed E-state index contributed by atoms with van der Waals surface area (Å²) in [7, 11) is -2.26. The first-order chi connectivity index (χ1) is 13.8. The summed E-state index contributed by atoms with van der Waals surface area (Å²) in [5.74, 6) is 0.0970. The van der Waals surface area contributed by atoms with Gasteiger partial charge in [-0.2, -0.15) is 0 Å². The SMILES string of the molecule is COc1ccc(NC(=O)c2cccc(NS(=O)(=O)c3ccc(C)cc3)c2)cc1Cl. The maximum absolute atomic E-state index is 12.5. The number of ether oxygens (including phenoxy) is 1. The molecule has 150 valence electrons. The molecule has 3 rings (SSSR count). The first-order valence-electron chi connectivity index (χ1n) is 8.63. The summed E-state index contributed by atoms with van der Waals surface area (Å²) < 4.78 is 32.7. The van der Waals surface area contributed by atoms with E-state index in [0.717, 1.165) is 5.56 Å². The van der Waals surface area contributed by atoms with Crippen molar-refractivity contribution in [2.75, 3.05) is 17.1 Å². The molecule has 3 aromatic rings. The van der Waals surface area contributed by atoms with Gasteiger partial charge in [-0.15, -0.1) is 0 Å². The minimum absolute atomic E-state index is 0.144. The molecule has 29 heavy (non-hydrogen) atoms. The molecule has 0 aliphatic carbocycles. The lowest BCUT2D eigenvalue weighted by molar-refractivity contribution is 0.102. The third kappa shape index (κ3) is 5.07. The Kier molecular flexibility index (Phi) is 6.10. The van der Waals surface area contributed by atoms with Crippen molar-refractivity contribution < 1.29 is 17.9 Å². The topological polar surface area (TPSA) is 84.5 Å². The van der Waals surface area contributed by atoms with Gasteiger partial charge in [0.1, 0.15) is 5.75 Å². The van der Waals surface area contributed by atoms with Gasteiger partial charge in [0.25, 0.3) is 15.9 Å². The molecule has 0 radical (unpaired) electrons. The third-order valence-electron chi connectivity index (χ3n) is 4.12. The maximum atomic E-state index is 12.5. The Labute approximate surface area is 174 Å². The maximum Gasteiger partial charge on any atom is 0.261 e. The van der Waals surface area contributed by atoms with Crippen molar-refractivity contribution in [3.63, 3.8) is 0 Å². The summed E-state index contributed by atoms with van der Waals surface area (Å²) >= 11 is 6.07. The lowest BCUT2D eigenvalue weighted by Gasteiger charge is -2.11. The Balaban J connectivity index is 1.77. The van der Waals surface area contributed by atoms with Crippen LogP contribution >= 0.6 is 11.6 Å². The van der Waals surface area contributed by atoms with E-state index in [-0.39, 0.29) is 10.6 Å². The predicted octanol–water partition coefficient (Wildman–Crippen LogP) is 4.71. The van der Waals surface area contributed by atoms with E-state index in [9.17, 15) is 13.2 Å². The fourth-order valence-electron chi connectivity index (χ4n) is 2.60. The molecule has 0 aliphatic rings. The van der Waals surface area contributed by atoms with Crippen LogP contribution in [0.15, 0.2) is 71.6 Å². The van der Waals surface area contributed by atoms with Gasteiger partial charge in [-0.05, 0) is 55.5 Å². The molecule has 0 fully saturated rings. The molecule has 0 aliphatic heterocycles. The second kappa shape index (κ2) is 8.55. The first kappa shape index (κ1) is 20.7. The number of benzene rings is 3. The normalized spacial score (nSPS) is 11.0. The van der Waals surface area contributed by atoms with Crippen LogP contribution in [0.4, 0.5) is 11.4 Å². The number of rotatable bonds is 6. The molecular formula is C21H19ClN2O4S. The summed E-state index contributed by atoms with van der Waals surface area (Å²) in [5, 5.41) is 3.09. The van der Waals surface area contributed by atoms with E-state index >= 15 is 0 Å². The van der Waals surface area contributed by atoms with E-state index in [2.05, 4.69) is 10.0 Å². The molecule has 6 nitrogen and oxygen atoms in total. The van der Waals surface area contributed by atoms with Crippen LogP contribution in [0.2, 0.25) is 5.02 Å². The van der Waals surface area contributed by atoms with Gasteiger partial charge in [0.15, 0.2) is 0 Å². The van der Waals surface area contributed by atoms with Crippen molar-refractivity contribution in [2.24, 2.45) is 0 Å². The molecule has 8 heteroatoms. The lowest BCUT2D eigenvalue weighted by atomic mass is 10.2. The van der Waals surface area contributed by atoms with Crippen LogP contribution in [-0.2, 0) is 10.0 Å². The van der Waals surface area contributed by atoms with Gasteiger partial charge in [-0.3, -0.25) is 9.52 Å². The zero-order chi connectivity index (χ0) is 21.0. The van der Waals surface area contributed by atoms with Crippen LogP contribution in [0.1, 0.15) is 15.9 Å². The summed E-state index contributed by atoms with van der Waals surface area (Å²) in [6, 6.07) is 17.6. The van der Waals surface area contributed by atoms with Gasteiger partial charge in [0.2, 0.25) is 0 Å². The lowest BCUT2D eigenvalue weighted by Crippen LogP contribution is -2.15. The van der Waals surface area contributed by atoms with Crippen molar-refractivity contribution in [3.05, 3.63) is 82.9 Å². The van der Waals surface area contributed by atoms with E-state index in [4.69, 9.17) is 16.3 Å². The van der Waals surface area contributed by atoms with E-state index in [1.165, 1.54) is 25.3 Å². The van der Waals surface area contributed by atoms with Crippen molar-refractivity contribution in [3.8, 4) is 5.75 Å². The standard InChI is InChI=1S/C21H19ClN2O4S/c1-14-6-9-18(10-7-14)29(26,27)24-17-5-3-4-15(12-17)21(25)23-16-8-11-20(28-2)19(22)13-16/h3-13,24H,1-2H3,(H,23,25). The second-order valence-electron chi connectivity index (χ2n) is 6.30. The Morgan fingerprint density at radius 3 is 2.34 bits per heavy atom. The number of carbonyl (C=O) groups excluding carboxylic acids is 1. The number of anilines is 2. The Morgan fingerprint density at radius 2 is 1.69 bits per heavy atom. The predicted molar refractivity (Wildman–Crippen MR) is 114 cm³/mol. The summed E-state index contributed by atoms with van der Waals surface area (Å²) in [6.07, 6.45) is 0. The number of sulfonamides is 1. The zero-order valence-corrected chi connectivity index (χ0v) is 17.3. The molecule has 0 unspecified atom stereocenters. The molecule has 0 heterocycles. The van der Waals surface area contributed by atoms with Gasteiger partial charge in [-0.1, -0.05) is 35.4 Å². The zero-order valence-electron chi connectivity index (χ0n) is 15.8. The van der Waals surface area contributed by atoms with Gasteiger partial charge in [-0.25, -0.2) is 8.42 Å². The van der Waals surface area contributed by atoms with Gasteiger partial charge in [0.05, 0.1) is 17.0 Å². The number of hydrogen-bond acceptors (Lipinski definition) is 4. The van der Waals surface area contributed by atoms with E-state index in [0.29, 0.717) is 22.0 Å². The van der Waals surface area contributed by atoms with Crippen LogP contribution in [0.3, 0.4) is 0 Å². The summed E-state index contributed by atoms with van der Waals surface area (Å²) in [6.45, 7) is 1.88. The minimum Gasteiger partial charge on any atom is -0.495 e. The number of halogens is 1. The van der Waals surface area contributed by atoms with E-state index in [1.807, 2.05) is 6.92 Å². The Hall–Kier alpha value is -3.03. The molecule has 0 bridgehead atoms. The summed E-state index contributed by atoms with van der Waals surface area (Å²) in [4.78, 5) is 12.7. The number of methoxy groups -OCH3 is 1. The van der Waals surface area contributed by atoms with E-state index in [1.54, 1.807) is 48.5 Å². The Bertz CT molecular complexity index is 1150. The van der Waals surface area contributed by atoms with Crippen molar-refractivity contribution >= 4 is 38.9 Å². The number of carbonyl (C=O) groups is 1. The number of nitrogens with one attached hydrogen (secondary N) is 2. The van der Waals surface area contributed by atoms with Crippen LogP contribution in [-0.4, -0.2) is 21.4 Å². The Morgan fingerprint density at radius 1 is 0.966 bits per heavy atom. The van der Waals surface area contributed by atoms with Crippen molar-refractivity contribution in [1.82, 2.24) is 0 Å². The fourth-order valence-corrected chi connectivity index (χ4v) is 3.91. The number of aryl methyl sites for hydroxylation is 1. The molecule has 0 aromatic heterocycles. The minimum atomic E-state index is -3.76. The van der Waals surface area contributed by atoms with Crippen LogP contribution < -0.4 is 14.8 Å². The quantitative estimate of drug-likeness (QED) is 0.593. The highest BCUT2D eigenvalue weighted by molar-refractivity contribution is 7.92. The van der Waals surface area contributed by atoms with Crippen LogP contribution in [0.5, 0.6) is 5.75 Å². The average molecular weight is 431 g/mol. The highest BCUT2D eigenvalue weighted by Gasteiger charge is 2.15. The van der Waals surface area contributed by atoms with Crippen molar-refractivity contribution in [2.45, 2.75) is 11.8 Å². The smallest absolute Gasteiger partial charge is 0.261 e. The number of amides is 1. The molecule has 0 saturated carbocycles. The highest BCUT2D eigenvalue weighted by atomic mass is 35.5. The second-order valence-corrected chi connectivity index (χ2v) is 8.39. The molecule has 3 aromatic carbocycles. The molecule has 0 atom stereocenters. The van der Waals surface area contributed by atoms with Gasteiger partial charge < -0.3 is 10.1 Å². The monoisotopic (exact) mass is 430 g/mol. The highest BCUT2D eigenvalue weighted by Crippen LogP contribution is 2.27. The largest absolute Gasteiger partial charge is 0.495 e. The van der Waals surface area contributed by atoms with Gasteiger partial charge in [0, 0.05) is 16.9 Å². The average Bonchev–Trinajstić information content (AvgIpc) is 2.68. The molecule has 0 saturated heterocycles. The molecule has 1 amide bonds. The molecule has 2 N–H and O–H groups in total. The summed E-state index contributed by atoms with van der Waals surface area (Å²) in [5.41, 5.74) is 2.03. The van der Waals surface area contributed by atoms with Gasteiger partial charge >= 0.3 is 0 Å². The van der Waals surface area contributed by atoms with E-state index < -0.39 is 15.9 Å². The molecule has 0 spiro atoms.